The van der Waals surface area contributed by atoms with Crippen molar-refractivity contribution in [3.63, 3.8) is 0 Å². The Labute approximate surface area is 178 Å². The Balaban J connectivity index is 1.50. The number of likely N-dealkylation sites (tertiary alicyclic amines) is 1. The zero-order chi connectivity index (χ0) is 20.6. The van der Waals surface area contributed by atoms with E-state index in [9.17, 15) is 0 Å². The zero-order valence-corrected chi connectivity index (χ0v) is 18.8. The van der Waals surface area contributed by atoms with Crippen molar-refractivity contribution in [2.24, 2.45) is 10.9 Å². The summed E-state index contributed by atoms with van der Waals surface area (Å²) in [6, 6.07) is 4.76. The Kier molecular flexibility index (Phi) is 8.06. The molecule has 160 valence electrons. The molecular weight excluding hydrogens is 384 g/mol. The maximum atomic E-state index is 5.31. The number of hydrogen-bond donors (Lipinski definition) is 2. The monoisotopic (exact) mass is 418 g/mol. The van der Waals surface area contributed by atoms with Gasteiger partial charge in [0.2, 0.25) is 5.89 Å². The summed E-state index contributed by atoms with van der Waals surface area (Å²) in [5.74, 6) is 3.34. The summed E-state index contributed by atoms with van der Waals surface area (Å²) in [5, 5.41) is 13.1. The van der Waals surface area contributed by atoms with Crippen LogP contribution in [0.1, 0.15) is 62.2 Å². The molecule has 2 aromatic rings. The Hall–Kier alpha value is -1.93. The topological polar surface area (TPSA) is 78.6 Å². The van der Waals surface area contributed by atoms with Gasteiger partial charge in [0.05, 0.1) is 6.04 Å². The average Bonchev–Trinajstić information content (AvgIpc) is 3.40. The second kappa shape index (κ2) is 10.7. The highest BCUT2D eigenvalue weighted by atomic mass is 32.1. The fourth-order valence-corrected chi connectivity index (χ4v) is 4.40. The van der Waals surface area contributed by atoms with Crippen LogP contribution >= 0.6 is 11.3 Å². The molecule has 0 aliphatic carbocycles. The van der Waals surface area contributed by atoms with Crippen LogP contribution in [0.2, 0.25) is 0 Å². The molecule has 1 saturated heterocycles. The SMILES string of the molecule is CN=C(NCCc1nc(C(C)C)no1)NCC(c1cccs1)N1CCC(C)CC1. The van der Waals surface area contributed by atoms with E-state index in [0.29, 0.717) is 24.9 Å². The second-order valence-electron chi connectivity index (χ2n) is 8.08. The van der Waals surface area contributed by atoms with Crippen molar-refractivity contribution in [2.45, 2.75) is 52.0 Å². The molecule has 0 radical (unpaired) electrons. The lowest BCUT2D eigenvalue weighted by Gasteiger charge is -2.36. The van der Waals surface area contributed by atoms with Crippen LogP contribution in [-0.4, -0.2) is 54.2 Å². The second-order valence-corrected chi connectivity index (χ2v) is 9.06. The summed E-state index contributed by atoms with van der Waals surface area (Å²) >= 11 is 1.83. The number of aliphatic imine (C=N–C) groups is 1. The number of hydrogen-bond acceptors (Lipinski definition) is 6. The van der Waals surface area contributed by atoms with E-state index in [1.165, 1.54) is 17.7 Å². The molecule has 0 bridgehead atoms. The Morgan fingerprint density at radius 2 is 2.14 bits per heavy atom. The van der Waals surface area contributed by atoms with Crippen molar-refractivity contribution < 1.29 is 4.52 Å². The largest absolute Gasteiger partial charge is 0.356 e. The van der Waals surface area contributed by atoms with Crippen molar-refractivity contribution in [1.82, 2.24) is 25.7 Å². The molecule has 1 unspecified atom stereocenters. The molecule has 1 aliphatic heterocycles. The van der Waals surface area contributed by atoms with Gasteiger partial charge >= 0.3 is 0 Å². The van der Waals surface area contributed by atoms with Gasteiger partial charge in [-0.25, -0.2) is 0 Å². The van der Waals surface area contributed by atoms with Crippen LogP contribution in [0.4, 0.5) is 0 Å². The van der Waals surface area contributed by atoms with Gasteiger partial charge in [0, 0.05) is 37.4 Å². The van der Waals surface area contributed by atoms with Crippen molar-refractivity contribution in [3.05, 3.63) is 34.1 Å². The van der Waals surface area contributed by atoms with Crippen LogP contribution in [-0.2, 0) is 6.42 Å². The lowest BCUT2D eigenvalue weighted by molar-refractivity contribution is 0.140. The third-order valence-corrected chi connectivity index (χ3v) is 6.42. The minimum atomic E-state index is 0.279. The quantitative estimate of drug-likeness (QED) is 0.505. The molecule has 3 rings (SSSR count). The minimum Gasteiger partial charge on any atom is -0.356 e. The molecule has 0 amide bonds. The number of nitrogens with zero attached hydrogens (tertiary/aromatic N) is 4. The van der Waals surface area contributed by atoms with E-state index in [1.54, 1.807) is 0 Å². The maximum absolute atomic E-state index is 5.31. The fourth-order valence-electron chi connectivity index (χ4n) is 3.54. The summed E-state index contributed by atoms with van der Waals surface area (Å²) in [6.45, 7) is 10.3. The van der Waals surface area contributed by atoms with Gasteiger partial charge in [-0.15, -0.1) is 11.3 Å². The van der Waals surface area contributed by atoms with Crippen LogP contribution < -0.4 is 10.6 Å². The molecule has 3 heterocycles. The summed E-state index contributed by atoms with van der Waals surface area (Å²) in [5.41, 5.74) is 0. The van der Waals surface area contributed by atoms with Crippen LogP contribution in [0, 0.1) is 5.92 Å². The predicted octanol–water partition coefficient (Wildman–Crippen LogP) is 3.44. The first kappa shape index (κ1) is 21.8. The lowest BCUT2D eigenvalue weighted by Crippen LogP contribution is -2.45. The van der Waals surface area contributed by atoms with Gasteiger partial charge in [-0.05, 0) is 43.3 Å². The zero-order valence-electron chi connectivity index (χ0n) is 18.0. The van der Waals surface area contributed by atoms with Gasteiger partial charge in [-0.3, -0.25) is 9.89 Å². The highest BCUT2D eigenvalue weighted by Gasteiger charge is 2.25. The molecule has 1 aliphatic rings. The predicted molar refractivity (Wildman–Crippen MR) is 118 cm³/mol. The van der Waals surface area contributed by atoms with E-state index in [4.69, 9.17) is 4.52 Å². The standard InChI is InChI=1S/C21H34N6OS/c1-15(2)20-25-19(28-26-20)7-10-23-21(22-4)24-14-17(18-6-5-13-29-18)27-11-8-16(3)9-12-27/h5-6,13,15-17H,7-12,14H2,1-4H3,(H2,22,23,24). The molecule has 0 saturated carbocycles. The summed E-state index contributed by atoms with van der Waals surface area (Å²) in [7, 11) is 1.81. The normalized spacial score (nSPS) is 17.6. The lowest BCUT2D eigenvalue weighted by atomic mass is 9.97. The third kappa shape index (κ3) is 6.27. The molecular formula is C21H34N6OS. The summed E-state index contributed by atoms with van der Waals surface area (Å²) in [4.78, 5) is 12.8. The van der Waals surface area contributed by atoms with Gasteiger partial charge in [0.25, 0.3) is 0 Å². The highest BCUT2D eigenvalue weighted by molar-refractivity contribution is 7.10. The average molecular weight is 419 g/mol. The first-order valence-electron chi connectivity index (χ1n) is 10.6. The number of guanidine groups is 1. The molecule has 0 aromatic carbocycles. The summed E-state index contributed by atoms with van der Waals surface area (Å²) < 4.78 is 5.31. The molecule has 29 heavy (non-hydrogen) atoms. The molecule has 0 spiro atoms. The molecule has 2 aromatic heterocycles. The van der Waals surface area contributed by atoms with Crippen LogP contribution in [0.3, 0.4) is 0 Å². The van der Waals surface area contributed by atoms with Gasteiger partial charge < -0.3 is 15.2 Å². The minimum absolute atomic E-state index is 0.279. The maximum Gasteiger partial charge on any atom is 0.228 e. The van der Waals surface area contributed by atoms with Crippen LogP contribution in [0.15, 0.2) is 27.0 Å². The number of aromatic nitrogens is 2. The van der Waals surface area contributed by atoms with E-state index in [2.05, 4.69) is 69.0 Å². The summed E-state index contributed by atoms with van der Waals surface area (Å²) in [6.07, 6.45) is 3.23. The number of piperidine rings is 1. The van der Waals surface area contributed by atoms with Crippen LogP contribution in [0.5, 0.6) is 0 Å². The number of thiophene rings is 1. The molecule has 2 N–H and O–H groups in total. The molecule has 1 fully saturated rings. The van der Waals surface area contributed by atoms with E-state index in [1.807, 2.05) is 18.4 Å². The molecule has 8 heteroatoms. The van der Waals surface area contributed by atoms with Crippen molar-refractivity contribution in [2.75, 3.05) is 33.2 Å². The molecule has 7 nitrogen and oxygen atoms in total. The van der Waals surface area contributed by atoms with Crippen LogP contribution in [0.25, 0.3) is 0 Å². The van der Waals surface area contributed by atoms with Crippen molar-refractivity contribution in [3.8, 4) is 0 Å². The van der Waals surface area contributed by atoms with E-state index >= 15 is 0 Å². The van der Waals surface area contributed by atoms with E-state index in [0.717, 1.165) is 37.3 Å². The van der Waals surface area contributed by atoms with Gasteiger partial charge in [-0.1, -0.05) is 32.0 Å². The third-order valence-electron chi connectivity index (χ3n) is 5.45. The van der Waals surface area contributed by atoms with Gasteiger partial charge in [0.1, 0.15) is 0 Å². The first-order valence-corrected chi connectivity index (χ1v) is 11.5. The molecule has 1 atom stereocenters. The first-order chi connectivity index (χ1) is 14.1. The number of rotatable bonds is 8. The fraction of sp³-hybridized carbons (Fsp3) is 0.667. The highest BCUT2D eigenvalue weighted by Crippen LogP contribution is 2.29. The van der Waals surface area contributed by atoms with Gasteiger partial charge in [0.15, 0.2) is 11.8 Å². The van der Waals surface area contributed by atoms with Crippen molar-refractivity contribution >= 4 is 17.3 Å². The van der Waals surface area contributed by atoms with E-state index in [-0.39, 0.29) is 5.92 Å². The number of nitrogens with one attached hydrogen (secondary N) is 2. The van der Waals surface area contributed by atoms with Gasteiger partial charge in [-0.2, -0.15) is 4.98 Å². The Morgan fingerprint density at radius 1 is 1.34 bits per heavy atom. The van der Waals surface area contributed by atoms with Crippen molar-refractivity contribution in [1.29, 1.82) is 0 Å². The smallest absolute Gasteiger partial charge is 0.228 e. The Bertz CT molecular complexity index is 749. The Morgan fingerprint density at radius 3 is 2.76 bits per heavy atom. The van der Waals surface area contributed by atoms with E-state index < -0.39 is 0 Å².